The molecule has 3 amide bonds. The molecule has 1 aliphatic rings. The van der Waals surface area contributed by atoms with Gasteiger partial charge in [0.1, 0.15) is 0 Å². The van der Waals surface area contributed by atoms with E-state index in [0.717, 1.165) is 19.6 Å². The summed E-state index contributed by atoms with van der Waals surface area (Å²) < 4.78 is 0. The molecule has 9 heteroatoms. The second-order valence-electron chi connectivity index (χ2n) is 7.00. The van der Waals surface area contributed by atoms with Crippen molar-refractivity contribution in [1.82, 2.24) is 20.9 Å². The van der Waals surface area contributed by atoms with E-state index in [1.54, 1.807) is 0 Å². The minimum Gasteiger partial charge on any atom is -0.354 e. The molecule has 0 saturated carbocycles. The predicted octanol–water partition coefficient (Wildman–Crippen LogP) is 1.69. The highest BCUT2D eigenvalue weighted by Gasteiger charge is 2.16. The van der Waals surface area contributed by atoms with E-state index in [1.165, 1.54) is 31.0 Å². The van der Waals surface area contributed by atoms with Crippen LogP contribution in [0.25, 0.3) is 0 Å². The molecule has 1 fully saturated rings. The standard InChI is InChI=1S/C19H26Cl2N4O3/c1-13(12-25-6-2-3-7-25)9-22-17(26)10-23-18(27)11-24-19(28)15-5-4-14(20)8-16(15)21/h4-5,8,13H,2-3,6-7,9-12H2,1H3,(H,22,26)(H,23,27)(H,24,28). The number of benzene rings is 1. The van der Waals surface area contributed by atoms with Gasteiger partial charge in [-0.15, -0.1) is 0 Å². The number of likely N-dealkylation sites (tertiary alicyclic amines) is 1. The van der Waals surface area contributed by atoms with Crippen LogP contribution in [0.1, 0.15) is 30.1 Å². The van der Waals surface area contributed by atoms with Gasteiger partial charge in [0.2, 0.25) is 11.8 Å². The third-order valence-corrected chi connectivity index (χ3v) is 5.00. The first-order valence-corrected chi connectivity index (χ1v) is 10.1. The maximum absolute atomic E-state index is 12.0. The van der Waals surface area contributed by atoms with Crippen molar-refractivity contribution in [1.29, 1.82) is 0 Å². The summed E-state index contributed by atoms with van der Waals surface area (Å²) in [5.74, 6) is -0.856. The monoisotopic (exact) mass is 428 g/mol. The van der Waals surface area contributed by atoms with E-state index < -0.39 is 11.8 Å². The van der Waals surface area contributed by atoms with E-state index in [1.807, 2.05) is 0 Å². The SMILES string of the molecule is CC(CNC(=O)CNC(=O)CNC(=O)c1ccc(Cl)cc1Cl)CN1CCCC1. The van der Waals surface area contributed by atoms with E-state index in [9.17, 15) is 14.4 Å². The summed E-state index contributed by atoms with van der Waals surface area (Å²) in [6.07, 6.45) is 2.48. The molecule has 0 radical (unpaired) electrons. The van der Waals surface area contributed by atoms with Gasteiger partial charge >= 0.3 is 0 Å². The molecule has 1 atom stereocenters. The molecule has 3 N–H and O–H groups in total. The van der Waals surface area contributed by atoms with E-state index in [4.69, 9.17) is 23.2 Å². The van der Waals surface area contributed by atoms with Crippen molar-refractivity contribution >= 4 is 40.9 Å². The van der Waals surface area contributed by atoms with Crippen LogP contribution in [0.2, 0.25) is 10.0 Å². The topological polar surface area (TPSA) is 90.5 Å². The number of amides is 3. The van der Waals surface area contributed by atoms with Crippen LogP contribution in [0.15, 0.2) is 18.2 Å². The van der Waals surface area contributed by atoms with Gasteiger partial charge in [0, 0.05) is 18.1 Å². The second kappa shape index (κ2) is 11.2. The van der Waals surface area contributed by atoms with Gasteiger partial charge < -0.3 is 20.9 Å². The van der Waals surface area contributed by atoms with Gasteiger partial charge in [-0.2, -0.15) is 0 Å². The highest BCUT2D eigenvalue weighted by molar-refractivity contribution is 6.36. The summed E-state index contributed by atoms with van der Waals surface area (Å²) in [4.78, 5) is 38.1. The smallest absolute Gasteiger partial charge is 0.253 e. The van der Waals surface area contributed by atoms with Crippen LogP contribution >= 0.6 is 23.2 Å². The zero-order valence-electron chi connectivity index (χ0n) is 15.9. The van der Waals surface area contributed by atoms with Crippen LogP contribution < -0.4 is 16.0 Å². The van der Waals surface area contributed by atoms with Crippen molar-refractivity contribution in [2.75, 3.05) is 39.3 Å². The van der Waals surface area contributed by atoms with Gasteiger partial charge in [-0.05, 0) is 50.0 Å². The van der Waals surface area contributed by atoms with Crippen LogP contribution in [0.4, 0.5) is 0 Å². The third-order valence-electron chi connectivity index (χ3n) is 4.45. The minimum atomic E-state index is -0.489. The van der Waals surface area contributed by atoms with Crippen LogP contribution in [0.5, 0.6) is 0 Å². The van der Waals surface area contributed by atoms with Crippen LogP contribution in [0.3, 0.4) is 0 Å². The fraction of sp³-hybridized carbons (Fsp3) is 0.526. The molecule has 1 unspecified atom stereocenters. The predicted molar refractivity (Wildman–Crippen MR) is 110 cm³/mol. The van der Waals surface area contributed by atoms with Gasteiger partial charge in [-0.3, -0.25) is 14.4 Å². The fourth-order valence-corrected chi connectivity index (χ4v) is 3.49. The second-order valence-corrected chi connectivity index (χ2v) is 7.84. The van der Waals surface area contributed by atoms with Crippen molar-refractivity contribution in [3.8, 4) is 0 Å². The van der Waals surface area contributed by atoms with Crippen molar-refractivity contribution in [2.24, 2.45) is 5.92 Å². The lowest BCUT2D eigenvalue weighted by Crippen LogP contribution is -2.43. The number of nitrogens with one attached hydrogen (secondary N) is 3. The van der Waals surface area contributed by atoms with E-state index in [-0.39, 0.29) is 29.6 Å². The first kappa shape index (κ1) is 22.5. The maximum atomic E-state index is 12.0. The van der Waals surface area contributed by atoms with Gasteiger partial charge in [-0.25, -0.2) is 0 Å². The molecule has 2 rings (SSSR count). The summed E-state index contributed by atoms with van der Waals surface area (Å²) in [7, 11) is 0. The number of carbonyl (C=O) groups excluding carboxylic acids is 3. The lowest BCUT2D eigenvalue weighted by Gasteiger charge is -2.20. The summed E-state index contributed by atoms with van der Waals surface area (Å²) in [6.45, 7) is 5.49. The average molecular weight is 429 g/mol. The lowest BCUT2D eigenvalue weighted by molar-refractivity contribution is -0.125. The molecular formula is C19H26Cl2N4O3. The number of rotatable bonds is 9. The molecule has 0 bridgehead atoms. The van der Waals surface area contributed by atoms with Crippen molar-refractivity contribution < 1.29 is 14.4 Å². The highest BCUT2D eigenvalue weighted by atomic mass is 35.5. The molecule has 28 heavy (non-hydrogen) atoms. The summed E-state index contributed by atoms with van der Waals surface area (Å²) in [5.41, 5.74) is 0.226. The molecule has 0 aliphatic carbocycles. The Hall–Kier alpha value is -1.83. The molecule has 1 saturated heterocycles. The summed E-state index contributed by atoms with van der Waals surface area (Å²) >= 11 is 11.7. The number of nitrogens with zero attached hydrogens (tertiary/aromatic N) is 1. The van der Waals surface area contributed by atoms with E-state index in [2.05, 4.69) is 27.8 Å². The molecule has 0 spiro atoms. The Morgan fingerprint density at radius 3 is 2.36 bits per heavy atom. The number of hydrogen-bond donors (Lipinski definition) is 3. The molecule has 1 aromatic rings. The average Bonchev–Trinajstić information content (AvgIpc) is 3.15. The first-order chi connectivity index (χ1) is 13.3. The highest BCUT2D eigenvalue weighted by Crippen LogP contribution is 2.20. The molecule has 1 aromatic carbocycles. The van der Waals surface area contributed by atoms with Crippen LogP contribution in [-0.2, 0) is 9.59 Å². The van der Waals surface area contributed by atoms with Crippen LogP contribution in [-0.4, -0.2) is 61.9 Å². The summed E-state index contributed by atoms with van der Waals surface area (Å²) in [5, 5.41) is 8.37. The van der Waals surface area contributed by atoms with E-state index >= 15 is 0 Å². The van der Waals surface area contributed by atoms with Crippen LogP contribution in [0, 0.1) is 5.92 Å². The Balaban J connectivity index is 1.61. The van der Waals surface area contributed by atoms with E-state index in [0.29, 0.717) is 17.5 Å². The van der Waals surface area contributed by atoms with Crippen molar-refractivity contribution in [3.63, 3.8) is 0 Å². The zero-order chi connectivity index (χ0) is 20.5. The van der Waals surface area contributed by atoms with Crippen molar-refractivity contribution in [2.45, 2.75) is 19.8 Å². The van der Waals surface area contributed by atoms with Gasteiger partial charge in [0.15, 0.2) is 0 Å². The minimum absolute atomic E-state index is 0.132. The number of carbonyl (C=O) groups is 3. The molecule has 7 nitrogen and oxygen atoms in total. The quantitative estimate of drug-likeness (QED) is 0.557. The fourth-order valence-electron chi connectivity index (χ4n) is 2.99. The molecule has 1 heterocycles. The molecule has 0 aromatic heterocycles. The Bertz CT molecular complexity index is 708. The lowest BCUT2D eigenvalue weighted by atomic mass is 10.1. The third kappa shape index (κ3) is 7.66. The zero-order valence-corrected chi connectivity index (χ0v) is 17.4. The Morgan fingerprint density at radius 2 is 1.68 bits per heavy atom. The Kier molecular flexibility index (Phi) is 9.02. The number of hydrogen-bond acceptors (Lipinski definition) is 4. The first-order valence-electron chi connectivity index (χ1n) is 9.34. The van der Waals surface area contributed by atoms with Gasteiger partial charge in [-0.1, -0.05) is 30.1 Å². The molecule has 154 valence electrons. The maximum Gasteiger partial charge on any atom is 0.253 e. The molecule has 1 aliphatic heterocycles. The largest absolute Gasteiger partial charge is 0.354 e. The summed E-state index contributed by atoms with van der Waals surface area (Å²) in [6, 6.07) is 4.47. The van der Waals surface area contributed by atoms with Crippen molar-refractivity contribution in [3.05, 3.63) is 33.8 Å². The van der Waals surface area contributed by atoms with Gasteiger partial charge in [0.25, 0.3) is 5.91 Å². The Labute approximate surface area is 175 Å². The normalized spacial score (nSPS) is 15.1. The molecular weight excluding hydrogens is 403 g/mol. The Morgan fingerprint density at radius 1 is 1.04 bits per heavy atom. The number of halogens is 2. The van der Waals surface area contributed by atoms with Gasteiger partial charge in [0.05, 0.1) is 23.7 Å².